The standard InChI is InChI=1S/C13H17ClO4S2/c14-20(16,17)13-8-7-11(19-13)9-12(15)18-10-5-3-1-2-4-6-10/h7-8,10H,1-6,9H2. The molecule has 0 aromatic carbocycles. The van der Waals surface area contributed by atoms with Gasteiger partial charge in [0.05, 0.1) is 6.42 Å². The highest BCUT2D eigenvalue weighted by Gasteiger charge is 2.19. The molecule has 1 aromatic rings. The Labute approximate surface area is 127 Å². The van der Waals surface area contributed by atoms with Gasteiger partial charge in [-0.3, -0.25) is 4.79 Å². The number of hydrogen-bond acceptors (Lipinski definition) is 5. The summed E-state index contributed by atoms with van der Waals surface area (Å²) in [5.41, 5.74) is 0. The molecule has 1 saturated carbocycles. The Morgan fingerprint density at radius 3 is 2.45 bits per heavy atom. The third kappa shape index (κ3) is 4.75. The van der Waals surface area contributed by atoms with Crippen LogP contribution in [0.4, 0.5) is 0 Å². The minimum absolute atomic E-state index is 0.0150. The Hall–Kier alpha value is -0.590. The lowest BCUT2D eigenvalue weighted by atomic mass is 10.1. The molecule has 20 heavy (non-hydrogen) atoms. The number of thiophene rings is 1. The second-order valence-electron chi connectivity index (χ2n) is 4.94. The van der Waals surface area contributed by atoms with Crippen molar-refractivity contribution in [2.45, 2.75) is 55.3 Å². The average molecular weight is 337 g/mol. The van der Waals surface area contributed by atoms with Gasteiger partial charge in [-0.15, -0.1) is 11.3 Å². The summed E-state index contributed by atoms with van der Waals surface area (Å²) in [6, 6.07) is 3.02. The molecule has 0 aliphatic heterocycles. The predicted octanol–water partition coefficient (Wildman–Crippen LogP) is 3.48. The number of rotatable bonds is 4. The Morgan fingerprint density at radius 2 is 1.90 bits per heavy atom. The summed E-state index contributed by atoms with van der Waals surface area (Å²) in [5, 5.41) is 0. The lowest BCUT2D eigenvalue weighted by molar-refractivity contribution is -0.148. The number of halogens is 1. The molecule has 0 N–H and O–H groups in total. The van der Waals surface area contributed by atoms with Gasteiger partial charge in [0.25, 0.3) is 9.05 Å². The maximum atomic E-state index is 11.9. The molecule has 1 heterocycles. The van der Waals surface area contributed by atoms with Crippen LogP contribution in [0.15, 0.2) is 16.3 Å². The van der Waals surface area contributed by atoms with Crippen molar-refractivity contribution in [3.8, 4) is 0 Å². The van der Waals surface area contributed by atoms with Crippen molar-refractivity contribution in [1.82, 2.24) is 0 Å². The number of carbonyl (C=O) groups is 1. The number of ether oxygens (including phenoxy) is 1. The van der Waals surface area contributed by atoms with Crippen LogP contribution in [0.5, 0.6) is 0 Å². The topological polar surface area (TPSA) is 60.4 Å². The van der Waals surface area contributed by atoms with Crippen LogP contribution >= 0.6 is 22.0 Å². The van der Waals surface area contributed by atoms with Crippen molar-refractivity contribution in [2.24, 2.45) is 0 Å². The Kier molecular flexibility index (Phi) is 5.46. The Morgan fingerprint density at radius 1 is 1.25 bits per heavy atom. The summed E-state index contributed by atoms with van der Waals surface area (Å²) < 4.78 is 27.8. The van der Waals surface area contributed by atoms with E-state index in [4.69, 9.17) is 15.4 Å². The lowest BCUT2D eigenvalue weighted by Crippen LogP contribution is -2.18. The van der Waals surface area contributed by atoms with Crippen LogP contribution in [0.1, 0.15) is 43.4 Å². The quantitative estimate of drug-likeness (QED) is 0.480. The molecule has 0 saturated heterocycles. The highest BCUT2D eigenvalue weighted by Crippen LogP contribution is 2.26. The van der Waals surface area contributed by atoms with Crippen molar-refractivity contribution < 1.29 is 17.9 Å². The van der Waals surface area contributed by atoms with E-state index in [1.165, 1.54) is 18.9 Å². The molecule has 0 amide bonds. The maximum Gasteiger partial charge on any atom is 0.311 e. The van der Waals surface area contributed by atoms with Gasteiger partial charge in [-0.05, 0) is 37.8 Å². The molecule has 112 valence electrons. The minimum Gasteiger partial charge on any atom is -0.462 e. The third-order valence-corrected chi connectivity index (χ3v) is 6.47. The highest BCUT2D eigenvalue weighted by atomic mass is 35.7. The fourth-order valence-electron chi connectivity index (χ4n) is 2.31. The van der Waals surface area contributed by atoms with Gasteiger partial charge in [0, 0.05) is 15.6 Å². The molecular weight excluding hydrogens is 320 g/mol. The first kappa shape index (κ1) is 15.8. The molecule has 0 radical (unpaired) electrons. The van der Waals surface area contributed by atoms with Crippen molar-refractivity contribution in [3.63, 3.8) is 0 Å². The first-order valence-electron chi connectivity index (χ1n) is 6.68. The average Bonchev–Trinajstić information content (AvgIpc) is 2.67. The molecule has 7 heteroatoms. The van der Waals surface area contributed by atoms with Crippen molar-refractivity contribution in [3.05, 3.63) is 17.0 Å². The summed E-state index contributed by atoms with van der Waals surface area (Å²) >= 11 is 1.01. The molecule has 4 nitrogen and oxygen atoms in total. The Bertz CT molecular complexity index is 557. The van der Waals surface area contributed by atoms with E-state index in [-0.39, 0.29) is 22.7 Å². The van der Waals surface area contributed by atoms with Crippen LogP contribution in [0.25, 0.3) is 0 Å². The van der Waals surface area contributed by atoms with Gasteiger partial charge >= 0.3 is 5.97 Å². The predicted molar refractivity (Wildman–Crippen MR) is 78.6 cm³/mol. The van der Waals surface area contributed by atoms with Crippen LogP contribution < -0.4 is 0 Å². The minimum atomic E-state index is -3.71. The molecule has 0 bridgehead atoms. The van der Waals surface area contributed by atoms with Crippen molar-refractivity contribution in [1.29, 1.82) is 0 Å². The van der Waals surface area contributed by atoms with E-state index in [2.05, 4.69) is 0 Å². The SMILES string of the molecule is O=C(Cc1ccc(S(=O)(=O)Cl)s1)OC1CCCCCC1. The van der Waals surface area contributed by atoms with Gasteiger partial charge < -0.3 is 4.74 Å². The van der Waals surface area contributed by atoms with E-state index in [0.29, 0.717) is 4.88 Å². The molecule has 2 rings (SSSR count). The maximum absolute atomic E-state index is 11.9. The summed E-state index contributed by atoms with van der Waals surface area (Å²) in [7, 11) is 1.54. The number of hydrogen-bond donors (Lipinski definition) is 0. The van der Waals surface area contributed by atoms with Crippen LogP contribution in [0.2, 0.25) is 0 Å². The Balaban J connectivity index is 1.89. The van der Waals surface area contributed by atoms with Gasteiger partial charge in [0.2, 0.25) is 0 Å². The molecule has 1 aromatic heterocycles. The first-order chi connectivity index (χ1) is 9.45. The summed E-state index contributed by atoms with van der Waals surface area (Å²) in [4.78, 5) is 12.5. The fourth-order valence-corrected chi connectivity index (χ4v) is 4.42. The second kappa shape index (κ2) is 6.91. The van der Waals surface area contributed by atoms with E-state index in [1.54, 1.807) is 6.07 Å². The largest absolute Gasteiger partial charge is 0.462 e. The number of esters is 1. The van der Waals surface area contributed by atoms with Crippen LogP contribution in [0.3, 0.4) is 0 Å². The van der Waals surface area contributed by atoms with Gasteiger partial charge in [0.15, 0.2) is 0 Å². The lowest BCUT2D eigenvalue weighted by Gasteiger charge is -2.14. The highest BCUT2D eigenvalue weighted by molar-refractivity contribution is 8.15. The van der Waals surface area contributed by atoms with Crippen molar-refractivity contribution in [2.75, 3.05) is 0 Å². The molecule has 0 atom stereocenters. The summed E-state index contributed by atoms with van der Waals surface area (Å²) in [5.74, 6) is -0.294. The van der Waals surface area contributed by atoms with Gasteiger partial charge in [-0.2, -0.15) is 0 Å². The summed E-state index contributed by atoms with van der Waals surface area (Å²) in [6.45, 7) is 0. The van der Waals surface area contributed by atoms with E-state index in [9.17, 15) is 13.2 Å². The fraction of sp³-hybridized carbons (Fsp3) is 0.615. The smallest absolute Gasteiger partial charge is 0.311 e. The third-order valence-electron chi connectivity index (χ3n) is 3.30. The normalized spacial score (nSPS) is 17.6. The van der Waals surface area contributed by atoms with Crippen molar-refractivity contribution >= 4 is 37.0 Å². The zero-order chi connectivity index (χ0) is 14.6. The molecule has 0 spiro atoms. The van der Waals surface area contributed by atoms with E-state index in [0.717, 1.165) is 37.0 Å². The zero-order valence-electron chi connectivity index (χ0n) is 11.0. The van der Waals surface area contributed by atoms with Crippen LogP contribution in [-0.2, 0) is 25.0 Å². The first-order valence-corrected chi connectivity index (χ1v) is 9.80. The second-order valence-corrected chi connectivity index (χ2v) is 8.90. The number of carbonyl (C=O) groups excluding carboxylic acids is 1. The van der Waals surface area contributed by atoms with E-state index >= 15 is 0 Å². The zero-order valence-corrected chi connectivity index (χ0v) is 13.4. The molecule has 1 fully saturated rings. The monoisotopic (exact) mass is 336 g/mol. The van der Waals surface area contributed by atoms with E-state index in [1.807, 2.05) is 0 Å². The molecule has 1 aliphatic carbocycles. The summed E-state index contributed by atoms with van der Waals surface area (Å²) in [6.07, 6.45) is 6.59. The van der Waals surface area contributed by atoms with Gasteiger partial charge in [-0.25, -0.2) is 8.42 Å². The van der Waals surface area contributed by atoms with Gasteiger partial charge in [-0.1, -0.05) is 12.8 Å². The molecular formula is C13H17ClO4S2. The van der Waals surface area contributed by atoms with Gasteiger partial charge in [0.1, 0.15) is 10.3 Å². The molecule has 0 unspecified atom stereocenters. The van der Waals surface area contributed by atoms with E-state index < -0.39 is 9.05 Å². The molecule has 1 aliphatic rings. The van der Waals surface area contributed by atoms with Crippen LogP contribution in [-0.4, -0.2) is 20.5 Å². The van der Waals surface area contributed by atoms with Crippen LogP contribution in [0, 0.1) is 0 Å².